The lowest BCUT2D eigenvalue weighted by Gasteiger charge is -2.37. The second-order valence-electron chi connectivity index (χ2n) is 8.80. The Hall–Kier alpha value is -2.16. The van der Waals surface area contributed by atoms with Crippen molar-refractivity contribution in [1.29, 1.82) is 0 Å². The van der Waals surface area contributed by atoms with E-state index in [0.717, 1.165) is 57.5 Å². The minimum atomic E-state index is -0.0482. The minimum Gasteiger partial charge on any atom is -0.379 e. The maximum atomic E-state index is 12.4. The maximum Gasteiger partial charge on any atom is 0.251 e. The predicted molar refractivity (Wildman–Crippen MR) is 131 cm³/mol. The number of rotatable bonds is 11. The van der Waals surface area contributed by atoms with Crippen molar-refractivity contribution in [3.05, 3.63) is 35.4 Å². The Labute approximate surface area is 193 Å². The number of nitrogens with one attached hydrogen (secondary N) is 3. The van der Waals surface area contributed by atoms with Crippen molar-refractivity contribution < 1.29 is 9.53 Å². The number of likely N-dealkylation sites (N-methyl/N-ethyl adjacent to an activating group) is 1. The first-order valence-corrected chi connectivity index (χ1v) is 11.8. The SMILES string of the molecule is CCNC(=NCc1cccc(C(=O)NCCN(C)C)c1)NCC(C(C)C)N1CCOCC1. The molecular weight excluding hydrogens is 404 g/mol. The molecule has 1 unspecified atom stereocenters. The van der Waals surface area contributed by atoms with Gasteiger partial charge in [-0.15, -0.1) is 0 Å². The monoisotopic (exact) mass is 446 g/mol. The van der Waals surface area contributed by atoms with Crippen LogP contribution in [-0.4, -0.2) is 94.3 Å². The van der Waals surface area contributed by atoms with E-state index in [0.29, 0.717) is 30.6 Å². The van der Waals surface area contributed by atoms with Crippen molar-refractivity contribution in [2.24, 2.45) is 10.9 Å². The van der Waals surface area contributed by atoms with Gasteiger partial charge in [0.15, 0.2) is 5.96 Å². The number of amides is 1. The molecular formula is C24H42N6O2. The molecule has 0 radical (unpaired) electrons. The van der Waals surface area contributed by atoms with Crippen LogP contribution < -0.4 is 16.0 Å². The van der Waals surface area contributed by atoms with E-state index in [9.17, 15) is 4.79 Å². The molecule has 1 aliphatic heterocycles. The van der Waals surface area contributed by atoms with Crippen molar-refractivity contribution in [2.75, 3.05) is 66.6 Å². The van der Waals surface area contributed by atoms with Gasteiger partial charge in [-0.05, 0) is 44.6 Å². The number of carbonyl (C=O) groups is 1. The number of benzene rings is 1. The van der Waals surface area contributed by atoms with Gasteiger partial charge in [-0.3, -0.25) is 9.69 Å². The Morgan fingerprint density at radius 3 is 2.59 bits per heavy atom. The fourth-order valence-electron chi connectivity index (χ4n) is 3.71. The highest BCUT2D eigenvalue weighted by molar-refractivity contribution is 5.94. The van der Waals surface area contributed by atoms with Crippen LogP contribution in [0.25, 0.3) is 0 Å². The third kappa shape index (κ3) is 9.14. The summed E-state index contributed by atoms with van der Waals surface area (Å²) in [5.74, 6) is 1.28. The third-order valence-electron chi connectivity index (χ3n) is 5.56. The number of aliphatic imine (C=N–C) groups is 1. The van der Waals surface area contributed by atoms with Gasteiger partial charge in [-0.2, -0.15) is 0 Å². The number of hydrogen-bond acceptors (Lipinski definition) is 5. The number of carbonyl (C=O) groups excluding carboxylic acids is 1. The number of nitrogens with zero attached hydrogens (tertiary/aromatic N) is 3. The first-order chi connectivity index (χ1) is 15.4. The Morgan fingerprint density at radius 1 is 1.19 bits per heavy atom. The smallest absolute Gasteiger partial charge is 0.251 e. The van der Waals surface area contributed by atoms with Crippen LogP contribution in [0.3, 0.4) is 0 Å². The molecule has 2 rings (SSSR count). The Kier molecular flexibility index (Phi) is 11.5. The van der Waals surface area contributed by atoms with Crippen LogP contribution in [0.1, 0.15) is 36.7 Å². The van der Waals surface area contributed by atoms with Crippen LogP contribution >= 0.6 is 0 Å². The van der Waals surface area contributed by atoms with Crippen LogP contribution in [-0.2, 0) is 11.3 Å². The van der Waals surface area contributed by atoms with Crippen molar-refractivity contribution in [3.63, 3.8) is 0 Å². The quantitative estimate of drug-likeness (QED) is 0.352. The Bertz CT molecular complexity index is 716. The summed E-state index contributed by atoms with van der Waals surface area (Å²) in [6.07, 6.45) is 0. The average molecular weight is 447 g/mol. The van der Waals surface area contributed by atoms with E-state index in [-0.39, 0.29) is 5.91 Å². The van der Waals surface area contributed by atoms with E-state index in [4.69, 9.17) is 9.73 Å². The van der Waals surface area contributed by atoms with Crippen LogP contribution in [0.15, 0.2) is 29.3 Å². The van der Waals surface area contributed by atoms with Crippen LogP contribution in [0.5, 0.6) is 0 Å². The second kappa shape index (κ2) is 14.1. The second-order valence-corrected chi connectivity index (χ2v) is 8.80. The standard InChI is InChI=1S/C24H42N6O2/c1-6-25-24(28-18-22(19(2)3)30-12-14-32-15-13-30)27-17-20-8-7-9-21(16-20)23(31)26-10-11-29(4)5/h7-9,16,19,22H,6,10-15,17-18H2,1-5H3,(H,26,31)(H2,25,27,28). The van der Waals surface area contributed by atoms with Crippen molar-refractivity contribution in [1.82, 2.24) is 25.8 Å². The molecule has 0 bridgehead atoms. The molecule has 0 aromatic heterocycles. The molecule has 180 valence electrons. The largest absolute Gasteiger partial charge is 0.379 e. The average Bonchev–Trinajstić information content (AvgIpc) is 2.78. The molecule has 8 nitrogen and oxygen atoms in total. The molecule has 1 aliphatic rings. The van der Waals surface area contributed by atoms with Crippen molar-refractivity contribution in [2.45, 2.75) is 33.4 Å². The molecule has 1 aromatic carbocycles. The normalized spacial score (nSPS) is 16.3. The predicted octanol–water partition coefficient (Wildman–Crippen LogP) is 1.39. The van der Waals surface area contributed by atoms with E-state index in [2.05, 4.69) is 41.6 Å². The summed E-state index contributed by atoms with van der Waals surface area (Å²) >= 11 is 0. The summed E-state index contributed by atoms with van der Waals surface area (Å²) in [5.41, 5.74) is 1.68. The van der Waals surface area contributed by atoms with E-state index >= 15 is 0 Å². The maximum absolute atomic E-state index is 12.4. The number of ether oxygens (including phenoxy) is 1. The first-order valence-electron chi connectivity index (χ1n) is 11.8. The zero-order chi connectivity index (χ0) is 23.3. The molecule has 3 N–H and O–H groups in total. The molecule has 1 heterocycles. The van der Waals surface area contributed by atoms with Crippen LogP contribution in [0, 0.1) is 5.92 Å². The number of morpholine rings is 1. The lowest BCUT2D eigenvalue weighted by molar-refractivity contribution is 0.00752. The van der Waals surface area contributed by atoms with Gasteiger partial charge >= 0.3 is 0 Å². The third-order valence-corrected chi connectivity index (χ3v) is 5.56. The summed E-state index contributed by atoms with van der Waals surface area (Å²) in [7, 11) is 3.98. The molecule has 1 saturated heterocycles. The zero-order valence-corrected chi connectivity index (χ0v) is 20.5. The minimum absolute atomic E-state index is 0.0482. The van der Waals surface area contributed by atoms with Crippen molar-refractivity contribution in [3.8, 4) is 0 Å². The summed E-state index contributed by atoms with van der Waals surface area (Å²) in [5, 5.41) is 9.82. The molecule has 32 heavy (non-hydrogen) atoms. The molecule has 1 aromatic rings. The molecule has 8 heteroatoms. The van der Waals surface area contributed by atoms with Gasteiger partial charge in [0.05, 0.1) is 19.8 Å². The van der Waals surface area contributed by atoms with E-state index in [1.165, 1.54) is 0 Å². The van der Waals surface area contributed by atoms with E-state index in [1.54, 1.807) is 0 Å². The molecule has 1 amide bonds. The van der Waals surface area contributed by atoms with E-state index < -0.39 is 0 Å². The van der Waals surface area contributed by atoms with E-state index in [1.807, 2.05) is 43.3 Å². The van der Waals surface area contributed by atoms with Gasteiger partial charge in [0.25, 0.3) is 5.91 Å². The molecule has 0 spiro atoms. The molecule has 1 fully saturated rings. The van der Waals surface area contributed by atoms with Crippen LogP contribution in [0.4, 0.5) is 0 Å². The van der Waals surface area contributed by atoms with Crippen molar-refractivity contribution >= 4 is 11.9 Å². The molecule has 0 aliphatic carbocycles. The van der Waals surface area contributed by atoms with Gasteiger partial charge in [-0.25, -0.2) is 4.99 Å². The Balaban J connectivity index is 1.96. The number of guanidine groups is 1. The summed E-state index contributed by atoms with van der Waals surface area (Å²) in [6.45, 7) is 13.7. The summed E-state index contributed by atoms with van der Waals surface area (Å²) < 4.78 is 5.51. The summed E-state index contributed by atoms with van der Waals surface area (Å²) in [6, 6.07) is 8.12. The summed E-state index contributed by atoms with van der Waals surface area (Å²) in [4.78, 5) is 21.7. The lowest BCUT2D eigenvalue weighted by Crippen LogP contribution is -2.52. The lowest BCUT2D eigenvalue weighted by atomic mass is 10.0. The fourth-order valence-corrected chi connectivity index (χ4v) is 3.71. The molecule has 0 saturated carbocycles. The van der Waals surface area contributed by atoms with Gasteiger partial charge in [0, 0.05) is 50.9 Å². The van der Waals surface area contributed by atoms with Gasteiger partial charge in [-0.1, -0.05) is 26.0 Å². The highest BCUT2D eigenvalue weighted by Crippen LogP contribution is 2.12. The first kappa shape index (κ1) is 26.1. The highest BCUT2D eigenvalue weighted by Gasteiger charge is 2.23. The zero-order valence-electron chi connectivity index (χ0n) is 20.5. The fraction of sp³-hybridized carbons (Fsp3) is 0.667. The molecule has 1 atom stereocenters. The highest BCUT2D eigenvalue weighted by atomic mass is 16.5. The van der Waals surface area contributed by atoms with Gasteiger partial charge in [0.2, 0.25) is 0 Å². The van der Waals surface area contributed by atoms with Gasteiger partial charge in [0.1, 0.15) is 0 Å². The van der Waals surface area contributed by atoms with Gasteiger partial charge < -0.3 is 25.6 Å². The Morgan fingerprint density at radius 2 is 1.94 bits per heavy atom. The number of hydrogen-bond donors (Lipinski definition) is 3. The topological polar surface area (TPSA) is 81.2 Å². The van der Waals surface area contributed by atoms with Crippen LogP contribution in [0.2, 0.25) is 0 Å².